The quantitative estimate of drug-likeness (QED) is 0.772. The van der Waals surface area contributed by atoms with E-state index in [9.17, 15) is 4.79 Å². The molecule has 0 saturated heterocycles. The highest BCUT2D eigenvalue weighted by Gasteiger charge is 2.27. The van der Waals surface area contributed by atoms with Crippen LogP contribution < -0.4 is 0 Å². The Morgan fingerprint density at radius 1 is 1.24 bits per heavy atom. The van der Waals surface area contributed by atoms with E-state index in [2.05, 4.69) is 18.9 Å². The van der Waals surface area contributed by atoms with Crippen LogP contribution in [0.25, 0.3) is 5.57 Å². The fraction of sp³-hybridized carbons (Fsp3) is 0.556. The molecule has 2 nitrogen and oxygen atoms in total. The summed E-state index contributed by atoms with van der Waals surface area (Å²) in [5.41, 5.74) is 4.77. The van der Waals surface area contributed by atoms with Gasteiger partial charge in [0.15, 0.2) is 0 Å². The Labute approximate surface area is 131 Å². The summed E-state index contributed by atoms with van der Waals surface area (Å²) >= 11 is 1.73. The molecule has 1 atom stereocenters. The third-order valence-electron chi connectivity index (χ3n) is 4.80. The number of hydrogen-bond donors (Lipinski definition) is 0. The lowest BCUT2D eigenvalue weighted by molar-refractivity contribution is -0.122. The zero-order chi connectivity index (χ0) is 14.8. The molecule has 0 N–H and O–H groups in total. The van der Waals surface area contributed by atoms with Crippen molar-refractivity contribution < 1.29 is 4.79 Å². The van der Waals surface area contributed by atoms with Crippen molar-refractivity contribution >= 4 is 23.1 Å². The molecule has 0 bridgehead atoms. The predicted molar refractivity (Wildman–Crippen MR) is 88.7 cm³/mol. The number of carbonyl (C=O) groups is 1. The first-order valence-corrected chi connectivity index (χ1v) is 9.22. The Morgan fingerprint density at radius 2 is 2.00 bits per heavy atom. The molecule has 0 aliphatic heterocycles. The minimum absolute atomic E-state index is 0.00240. The highest BCUT2D eigenvalue weighted by atomic mass is 32.2. The third-order valence-corrected chi connectivity index (χ3v) is 5.52. The number of aromatic nitrogens is 1. The molecule has 0 amide bonds. The molecule has 0 spiro atoms. The molecule has 112 valence electrons. The van der Waals surface area contributed by atoms with Crippen molar-refractivity contribution in [1.29, 1.82) is 0 Å². The van der Waals surface area contributed by atoms with Crippen LogP contribution in [0.15, 0.2) is 17.7 Å². The molecule has 0 aromatic carbocycles. The van der Waals surface area contributed by atoms with Crippen LogP contribution in [0.4, 0.5) is 0 Å². The van der Waals surface area contributed by atoms with Gasteiger partial charge in [-0.25, -0.2) is 4.98 Å². The van der Waals surface area contributed by atoms with E-state index in [1.165, 1.54) is 24.0 Å². The van der Waals surface area contributed by atoms with Gasteiger partial charge >= 0.3 is 0 Å². The minimum Gasteiger partial charge on any atom is -0.299 e. The van der Waals surface area contributed by atoms with Crippen LogP contribution >= 0.6 is 11.8 Å². The highest BCUT2D eigenvalue weighted by molar-refractivity contribution is 7.98. The van der Waals surface area contributed by atoms with Gasteiger partial charge in [-0.3, -0.25) is 4.79 Å². The number of rotatable bonds is 3. The second-order valence-corrected chi connectivity index (χ2v) is 6.95. The van der Waals surface area contributed by atoms with Crippen molar-refractivity contribution in [3.05, 3.63) is 29.5 Å². The Morgan fingerprint density at radius 3 is 2.76 bits per heavy atom. The van der Waals surface area contributed by atoms with Crippen molar-refractivity contribution in [2.24, 2.45) is 5.92 Å². The minimum atomic E-state index is 0.00240. The number of nitrogens with zero attached hydrogens (tertiary/aromatic N) is 1. The van der Waals surface area contributed by atoms with Crippen LogP contribution in [0.2, 0.25) is 0 Å². The van der Waals surface area contributed by atoms with Crippen LogP contribution in [-0.2, 0) is 17.6 Å². The van der Waals surface area contributed by atoms with Crippen LogP contribution in [0.5, 0.6) is 0 Å². The molecule has 1 unspecified atom stereocenters. The van der Waals surface area contributed by atoms with E-state index < -0.39 is 0 Å². The summed E-state index contributed by atoms with van der Waals surface area (Å²) in [4.78, 5) is 17.0. The van der Waals surface area contributed by atoms with Crippen LogP contribution in [0.1, 0.15) is 55.3 Å². The summed E-state index contributed by atoms with van der Waals surface area (Å²) < 4.78 is 0. The van der Waals surface area contributed by atoms with E-state index in [0.717, 1.165) is 48.4 Å². The maximum absolute atomic E-state index is 12.2. The number of ketones is 1. The van der Waals surface area contributed by atoms with E-state index in [-0.39, 0.29) is 5.92 Å². The van der Waals surface area contributed by atoms with Gasteiger partial charge in [0.1, 0.15) is 5.78 Å². The van der Waals surface area contributed by atoms with Gasteiger partial charge in [-0.05, 0) is 67.5 Å². The van der Waals surface area contributed by atoms with Gasteiger partial charge < -0.3 is 0 Å². The molecule has 1 heterocycles. The van der Waals surface area contributed by atoms with Crippen molar-refractivity contribution in [2.75, 3.05) is 6.26 Å². The Bertz CT molecular complexity index is 562. The lowest BCUT2D eigenvalue weighted by Crippen LogP contribution is -2.21. The molecule has 1 fully saturated rings. The lowest BCUT2D eigenvalue weighted by Gasteiger charge is -2.24. The van der Waals surface area contributed by atoms with Crippen LogP contribution in [0.3, 0.4) is 0 Å². The molecule has 2 aliphatic rings. The van der Waals surface area contributed by atoms with Crippen molar-refractivity contribution in [1.82, 2.24) is 4.98 Å². The zero-order valence-electron chi connectivity index (χ0n) is 12.8. The van der Waals surface area contributed by atoms with Crippen molar-refractivity contribution in [3.8, 4) is 0 Å². The monoisotopic (exact) mass is 301 g/mol. The van der Waals surface area contributed by atoms with Gasteiger partial charge in [-0.1, -0.05) is 13.0 Å². The standard InChI is InChI=1S/C18H23NOS/c1-12(14-8-5-6-10-17(14)20)16-11-13-7-3-4-9-15(13)18(19-16)21-2/h11,14H,1,3-10H2,2H3. The van der Waals surface area contributed by atoms with Gasteiger partial charge in [-0.15, -0.1) is 11.8 Å². The number of pyridine rings is 1. The Balaban J connectivity index is 1.94. The third kappa shape index (κ3) is 2.94. The maximum Gasteiger partial charge on any atom is 0.140 e. The summed E-state index contributed by atoms with van der Waals surface area (Å²) in [6.45, 7) is 4.23. The van der Waals surface area contributed by atoms with Crippen LogP contribution in [-0.4, -0.2) is 17.0 Å². The average molecular weight is 301 g/mol. The number of Topliss-reactive ketones (excluding diaryl/α,β-unsaturated/α-hetero) is 1. The van der Waals surface area contributed by atoms with E-state index >= 15 is 0 Å². The Hall–Kier alpha value is -1.09. The number of fused-ring (bicyclic) bond motifs is 1. The number of carbonyl (C=O) groups excluding carboxylic acids is 1. The average Bonchev–Trinajstić information content (AvgIpc) is 2.53. The predicted octanol–water partition coefficient (Wildman–Crippen LogP) is 4.45. The normalized spacial score (nSPS) is 22.0. The van der Waals surface area contributed by atoms with Gasteiger partial charge in [0, 0.05) is 12.3 Å². The van der Waals surface area contributed by atoms with Crippen molar-refractivity contribution in [2.45, 2.75) is 56.4 Å². The number of thioether (sulfide) groups is 1. The summed E-state index contributed by atoms with van der Waals surface area (Å²) in [5.74, 6) is 0.360. The van der Waals surface area contributed by atoms with Crippen LogP contribution in [0, 0.1) is 5.92 Å². The summed E-state index contributed by atoms with van der Waals surface area (Å²) in [6.07, 6.45) is 10.7. The Kier molecular flexibility index (Phi) is 4.48. The lowest BCUT2D eigenvalue weighted by atomic mass is 9.81. The summed E-state index contributed by atoms with van der Waals surface area (Å²) in [7, 11) is 0. The maximum atomic E-state index is 12.2. The van der Waals surface area contributed by atoms with Gasteiger partial charge in [-0.2, -0.15) is 0 Å². The first-order chi connectivity index (χ1) is 10.2. The molecule has 2 aliphatic carbocycles. The second-order valence-electron chi connectivity index (χ2n) is 6.15. The zero-order valence-corrected chi connectivity index (χ0v) is 13.6. The van der Waals surface area contributed by atoms with E-state index in [4.69, 9.17) is 4.98 Å². The number of aryl methyl sites for hydroxylation is 1. The fourth-order valence-corrected chi connectivity index (χ4v) is 4.24. The van der Waals surface area contributed by atoms with E-state index in [1.807, 2.05) is 0 Å². The first kappa shape index (κ1) is 14.8. The van der Waals surface area contributed by atoms with Gasteiger partial charge in [0.05, 0.1) is 10.7 Å². The topological polar surface area (TPSA) is 30.0 Å². The molecule has 3 heteroatoms. The molecule has 1 saturated carbocycles. The number of allylic oxidation sites excluding steroid dienone is 1. The smallest absolute Gasteiger partial charge is 0.140 e. The molecule has 3 rings (SSSR count). The molecular formula is C18H23NOS. The van der Waals surface area contributed by atoms with E-state index in [1.54, 1.807) is 11.8 Å². The molecule has 0 radical (unpaired) electrons. The molecule has 1 aromatic rings. The molecular weight excluding hydrogens is 278 g/mol. The summed E-state index contributed by atoms with van der Waals surface area (Å²) in [6, 6.07) is 2.21. The highest BCUT2D eigenvalue weighted by Crippen LogP contribution is 2.35. The SMILES string of the molecule is C=C(c1cc2c(c(SC)n1)CCCC2)C1CCCCC1=O. The van der Waals surface area contributed by atoms with Gasteiger partial charge in [0.25, 0.3) is 0 Å². The second kappa shape index (κ2) is 6.35. The first-order valence-electron chi connectivity index (χ1n) is 7.99. The van der Waals surface area contributed by atoms with Gasteiger partial charge in [0.2, 0.25) is 0 Å². The molecule has 1 aromatic heterocycles. The molecule has 21 heavy (non-hydrogen) atoms. The number of hydrogen-bond acceptors (Lipinski definition) is 3. The van der Waals surface area contributed by atoms with Crippen molar-refractivity contribution in [3.63, 3.8) is 0 Å². The van der Waals surface area contributed by atoms with E-state index in [0.29, 0.717) is 12.2 Å². The fourth-order valence-electron chi connectivity index (χ4n) is 3.57. The largest absolute Gasteiger partial charge is 0.299 e. The summed E-state index contributed by atoms with van der Waals surface area (Å²) in [5, 5.41) is 1.15.